The lowest BCUT2D eigenvalue weighted by molar-refractivity contribution is -0.384. The fraction of sp³-hybridized carbons (Fsp3) is 0.125. The van der Waals surface area contributed by atoms with E-state index in [9.17, 15) is 24.5 Å². The average molecular weight is 461 g/mol. The number of rotatable bonds is 7. The molecule has 1 aliphatic rings. The monoisotopic (exact) mass is 461 g/mol. The highest BCUT2D eigenvalue weighted by molar-refractivity contribution is 6.16. The summed E-state index contributed by atoms with van der Waals surface area (Å²) in [6, 6.07) is 16.3. The number of nitrogens with one attached hydrogen (secondary N) is 1. The largest absolute Gasteiger partial charge is 0.488 e. The maximum absolute atomic E-state index is 12.8. The van der Waals surface area contributed by atoms with E-state index >= 15 is 0 Å². The van der Waals surface area contributed by atoms with Crippen LogP contribution in [0, 0.1) is 10.1 Å². The molecule has 0 aromatic heterocycles. The first-order chi connectivity index (χ1) is 16.4. The number of urea groups is 1. The van der Waals surface area contributed by atoms with Crippen molar-refractivity contribution in [2.45, 2.75) is 6.61 Å². The Balaban J connectivity index is 1.66. The van der Waals surface area contributed by atoms with Crippen LogP contribution < -0.4 is 10.1 Å². The summed E-state index contributed by atoms with van der Waals surface area (Å²) in [6.07, 6.45) is 1.50. The summed E-state index contributed by atoms with van der Waals surface area (Å²) in [6.45, 7) is -0.376. The topological polar surface area (TPSA) is 128 Å². The second kappa shape index (κ2) is 9.41. The van der Waals surface area contributed by atoms with Crippen molar-refractivity contribution >= 4 is 40.4 Å². The van der Waals surface area contributed by atoms with E-state index in [0.29, 0.717) is 16.9 Å². The van der Waals surface area contributed by atoms with Crippen molar-refractivity contribution < 1.29 is 28.8 Å². The highest BCUT2D eigenvalue weighted by Crippen LogP contribution is 2.31. The Morgan fingerprint density at radius 2 is 1.82 bits per heavy atom. The molecule has 10 heteroatoms. The molecule has 10 nitrogen and oxygen atoms in total. The van der Waals surface area contributed by atoms with E-state index in [2.05, 4.69) is 10.1 Å². The van der Waals surface area contributed by atoms with Crippen LogP contribution in [0.5, 0.6) is 5.75 Å². The van der Waals surface area contributed by atoms with Crippen molar-refractivity contribution in [1.29, 1.82) is 0 Å². The van der Waals surface area contributed by atoms with Crippen molar-refractivity contribution in [3.05, 3.63) is 87.6 Å². The molecule has 3 amide bonds. The Morgan fingerprint density at radius 1 is 1.09 bits per heavy atom. The summed E-state index contributed by atoms with van der Waals surface area (Å²) >= 11 is 0. The van der Waals surface area contributed by atoms with Gasteiger partial charge in [-0.05, 0) is 40.6 Å². The highest BCUT2D eigenvalue weighted by atomic mass is 16.6. The first-order valence-electron chi connectivity index (χ1n) is 10.2. The molecule has 0 radical (unpaired) electrons. The van der Waals surface area contributed by atoms with E-state index in [4.69, 9.17) is 4.74 Å². The predicted molar refractivity (Wildman–Crippen MR) is 122 cm³/mol. The van der Waals surface area contributed by atoms with Crippen LogP contribution in [0.3, 0.4) is 0 Å². The number of esters is 1. The number of nitro benzene ring substituents is 1. The van der Waals surface area contributed by atoms with E-state index in [1.165, 1.54) is 25.3 Å². The van der Waals surface area contributed by atoms with Gasteiger partial charge in [-0.25, -0.2) is 9.69 Å². The summed E-state index contributed by atoms with van der Waals surface area (Å²) < 4.78 is 10.5. The second-order valence-corrected chi connectivity index (χ2v) is 7.37. The predicted octanol–water partition coefficient (Wildman–Crippen LogP) is 3.39. The summed E-state index contributed by atoms with van der Waals surface area (Å²) in [7, 11) is 1.17. The van der Waals surface area contributed by atoms with Crippen LogP contribution in [0.2, 0.25) is 0 Å². The first-order valence-corrected chi connectivity index (χ1v) is 10.2. The van der Waals surface area contributed by atoms with Gasteiger partial charge in [0.1, 0.15) is 24.6 Å². The molecular formula is C24H19N3O7. The minimum atomic E-state index is -0.727. The van der Waals surface area contributed by atoms with Gasteiger partial charge in [0.2, 0.25) is 0 Å². The molecule has 0 aliphatic carbocycles. The van der Waals surface area contributed by atoms with Gasteiger partial charge in [0, 0.05) is 17.7 Å². The van der Waals surface area contributed by atoms with E-state index in [1.54, 1.807) is 18.2 Å². The van der Waals surface area contributed by atoms with Crippen LogP contribution >= 0.6 is 0 Å². The zero-order chi connectivity index (χ0) is 24.2. The van der Waals surface area contributed by atoms with Gasteiger partial charge in [0.15, 0.2) is 0 Å². The standard InChI is InChI=1S/C24H19N3O7/c1-33-22(28)13-26-23(29)20(25-24(26)30)12-19-18-5-3-2-4-16(18)8-11-21(19)34-14-15-6-9-17(10-7-15)27(31)32/h2-12H,13-14H2,1H3,(H,25,30)/b20-12+. The first kappa shape index (κ1) is 22.5. The van der Waals surface area contributed by atoms with Crippen molar-refractivity contribution in [3.8, 4) is 5.75 Å². The molecule has 34 heavy (non-hydrogen) atoms. The van der Waals surface area contributed by atoms with E-state index < -0.39 is 29.4 Å². The molecule has 1 N–H and O–H groups in total. The summed E-state index contributed by atoms with van der Waals surface area (Å²) in [5.41, 5.74) is 1.24. The molecule has 4 rings (SSSR count). The molecule has 0 saturated carbocycles. The Bertz CT molecular complexity index is 1330. The van der Waals surface area contributed by atoms with Crippen LogP contribution in [0.15, 0.2) is 66.4 Å². The number of benzene rings is 3. The molecule has 0 atom stereocenters. The maximum atomic E-state index is 12.8. The van der Waals surface area contributed by atoms with Gasteiger partial charge in [-0.1, -0.05) is 30.3 Å². The van der Waals surface area contributed by atoms with Gasteiger partial charge in [-0.15, -0.1) is 0 Å². The fourth-order valence-electron chi connectivity index (χ4n) is 3.48. The van der Waals surface area contributed by atoms with Crippen molar-refractivity contribution in [3.63, 3.8) is 0 Å². The summed E-state index contributed by atoms with van der Waals surface area (Å²) in [4.78, 5) is 47.7. The number of carbonyl (C=O) groups excluding carboxylic acids is 3. The molecule has 0 spiro atoms. The lowest BCUT2D eigenvalue weighted by Crippen LogP contribution is -2.36. The Morgan fingerprint density at radius 3 is 2.53 bits per heavy atom. The second-order valence-electron chi connectivity index (χ2n) is 7.37. The molecule has 0 bridgehead atoms. The smallest absolute Gasteiger partial charge is 0.329 e. The number of hydrogen-bond acceptors (Lipinski definition) is 7. The van der Waals surface area contributed by atoms with E-state index in [-0.39, 0.29) is 18.0 Å². The van der Waals surface area contributed by atoms with Gasteiger partial charge < -0.3 is 14.8 Å². The quantitative estimate of drug-likeness (QED) is 0.188. The molecule has 1 saturated heterocycles. The van der Waals surface area contributed by atoms with Gasteiger partial charge in [0.25, 0.3) is 11.6 Å². The number of hydrogen-bond donors (Lipinski definition) is 1. The highest BCUT2D eigenvalue weighted by Gasteiger charge is 2.35. The molecular weight excluding hydrogens is 442 g/mol. The van der Waals surface area contributed by atoms with Crippen molar-refractivity contribution in [2.24, 2.45) is 0 Å². The molecule has 1 aliphatic heterocycles. The lowest BCUT2D eigenvalue weighted by atomic mass is 10.0. The van der Waals surface area contributed by atoms with Crippen LogP contribution in [-0.4, -0.2) is 41.4 Å². The molecule has 0 unspecified atom stereocenters. The number of methoxy groups -OCH3 is 1. The minimum Gasteiger partial charge on any atom is -0.488 e. The van der Waals surface area contributed by atoms with Crippen molar-refractivity contribution in [2.75, 3.05) is 13.7 Å². The third-order valence-electron chi connectivity index (χ3n) is 5.24. The molecule has 3 aromatic rings. The number of nitro groups is 1. The Labute approximate surface area is 193 Å². The van der Waals surface area contributed by atoms with Crippen LogP contribution in [-0.2, 0) is 20.9 Å². The van der Waals surface area contributed by atoms with Gasteiger partial charge in [0.05, 0.1) is 12.0 Å². The van der Waals surface area contributed by atoms with Gasteiger partial charge in [-0.2, -0.15) is 0 Å². The van der Waals surface area contributed by atoms with Gasteiger partial charge in [-0.3, -0.25) is 19.7 Å². The number of amides is 3. The molecule has 1 heterocycles. The zero-order valence-electron chi connectivity index (χ0n) is 18.0. The van der Waals surface area contributed by atoms with E-state index in [1.807, 2.05) is 30.3 Å². The average Bonchev–Trinajstić information content (AvgIpc) is 3.10. The lowest BCUT2D eigenvalue weighted by Gasteiger charge is -2.13. The summed E-state index contributed by atoms with van der Waals surface area (Å²) in [5, 5.41) is 15.0. The van der Waals surface area contributed by atoms with Gasteiger partial charge >= 0.3 is 12.0 Å². The van der Waals surface area contributed by atoms with Crippen LogP contribution in [0.4, 0.5) is 10.5 Å². The number of ether oxygens (including phenoxy) is 2. The Kier molecular flexibility index (Phi) is 6.22. The molecule has 3 aromatic carbocycles. The normalized spacial score (nSPS) is 14.4. The number of non-ortho nitro benzene ring substituents is 1. The summed E-state index contributed by atoms with van der Waals surface area (Å²) in [5.74, 6) is -0.940. The van der Waals surface area contributed by atoms with Crippen molar-refractivity contribution in [1.82, 2.24) is 10.2 Å². The third-order valence-corrected chi connectivity index (χ3v) is 5.24. The van der Waals surface area contributed by atoms with E-state index in [0.717, 1.165) is 15.7 Å². The Hall–Kier alpha value is -4.73. The number of imide groups is 1. The molecule has 172 valence electrons. The minimum absolute atomic E-state index is 0.00885. The zero-order valence-corrected chi connectivity index (χ0v) is 18.0. The molecule has 1 fully saturated rings. The SMILES string of the molecule is COC(=O)CN1C(=O)N/C(=C/c2c(OCc3ccc([N+](=O)[O-])cc3)ccc3ccccc23)C1=O. The van der Waals surface area contributed by atoms with Crippen LogP contribution in [0.1, 0.15) is 11.1 Å². The van der Waals surface area contributed by atoms with Crippen LogP contribution in [0.25, 0.3) is 16.8 Å². The number of nitrogens with zero attached hydrogens (tertiary/aromatic N) is 2. The third kappa shape index (κ3) is 4.56. The fourth-order valence-corrected chi connectivity index (χ4v) is 3.48. The number of fused-ring (bicyclic) bond motifs is 1. The number of carbonyl (C=O) groups is 3. The maximum Gasteiger partial charge on any atom is 0.329 e.